The van der Waals surface area contributed by atoms with E-state index in [4.69, 9.17) is 22.7 Å². The van der Waals surface area contributed by atoms with Gasteiger partial charge in [0.15, 0.2) is 0 Å². The second-order valence-corrected chi connectivity index (χ2v) is 7.94. The van der Waals surface area contributed by atoms with Crippen LogP contribution in [0.2, 0.25) is 0 Å². The number of rotatable bonds is 5. The molecule has 0 aromatic carbocycles. The third-order valence-corrected chi connectivity index (χ3v) is 6.61. The van der Waals surface area contributed by atoms with Gasteiger partial charge < -0.3 is 10.5 Å². The Morgan fingerprint density at radius 3 is 2.79 bits per heavy atom. The van der Waals surface area contributed by atoms with E-state index < -0.39 is 10.0 Å². The molecule has 2 unspecified atom stereocenters. The number of ether oxygens (including phenoxy) is 1. The molecule has 8 heteroatoms. The predicted molar refractivity (Wildman–Crippen MR) is 79.0 cm³/mol. The molecular weight excluding hydrogens is 304 g/mol. The number of hydrogen-bond acceptors (Lipinski definition) is 5. The molecule has 1 heterocycles. The summed E-state index contributed by atoms with van der Waals surface area (Å²) < 4.78 is 32.6. The molecule has 106 valence electrons. The number of nitrogens with one attached hydrogen (secondary N) is 1. The van der Waals surface area contributed by atoms with Crippen LogP contribution in [0.5, 0.6) is 0 Å². The molecule has 1 saturated carbocycles. The lowest BCUT2D eigenvalue weighted by molar-refractivity contribution is 0.107. The topological polar surface area (TPSA) is 81.4 Å². The van der Waals surface area contributed by atoms with Crippen LogP contribution in [0, 0.1) is 0 Å². The number of thiophene rings is 1. The second-order valence-electron chi connectivity index (χ2n) is 4.47. The zero-order valence-corrected chi connectivity index (χ0v) is 12.9. The van der Waals surface area contributed by atoms with Gasteiger partial charge in [-0.15, -0.1) is 11.3 Å². The highest BCUT2D eigenvalue weighted by atomic mass is 32.2. The van der Waals surface area contributed by atoms with E-state index in [0.717, 1.165) is 24.2 Å². The fourth-order valence-electron chi connectivity index (χ4n) is 2.14. The lowest BCUT2D eigenvalue weighted by atomic mass is 10.3. The van der Waals surface area contributed by atoms with Gasteiger partial charge in [-0.1, -0.05) is 12.2 Å². The number of nitrogens with two attached hydrogens (primary N) is 1. The summed E-state index contributed by atoms with van der Waals surface area (Å²) >= 11 is 5.92. The van der Waals surface area contributed by atoms with Crippen molar-refractivity contribution in [1.29, 1.82) is 0 Å². The molecule has 0 bridgehead atoms. The van der Waals surface area contributed by atoms with E-state index >= 15 is 0 Å². The molecule has 0 amide bonds. The second kappa shape index (κ2) is 5.84. The average Bonchev–Trinajstić information content (AvgIpc) is 2.95. The Morgan fingerprint density at radius 1 is 1.53 bits per heavy atom. The lowest BCUT2D eigenvalue weighted by Crippen LogP contribution is -2.33. The predicted octanol–water partition coefficient (Wildman–Crippen LogP) is 1.23. The van der Waals surface area contributed by atoms with Gasteiger partial charge in [-0.3, -0.25) is 0 Å². The Morgan fingerprint density at radius 2 is 2.26 bits per heavy atom. The number of sulfonamides is 1. The summed E-state index contributed by atoms with van der Waals surface area (Å²) in [5.74, 6) is 0. The summed E-state index contributed by atoms with van der Waals surface area (Å²) in [4.78, 5) is 0.823. The third kappa shape index (κ3) is 3.51. The number of thiocarbonyl (C=S) groups is 1. The van der Waals surface area contributed by atoms with E-state index in [1.54, 1.807) is 13.2 Å². The summed E-state index contributed by atoms with van der Waals surface area (Å²) in [5, 5.41) is 0. The van der Waals surface area contributed by atoms with E-state index in [-0.39, 0.29) is 21.3 Å². The van der Waals surface area contributed by atoms with Gasteiger partial charge in [0, 0.05) is 13.2 Å². The molecule has 1 aliphatic rings. The largest absolute Gasteiger partial charge is 0.389 e. The Labute approximate surface area is 122 Å². The summed E-state index contributed by atoms with van der Waals surface area (Å²) in [6.07, 6.45) is 2.53. The molecule has 1 fully saturated rings. The molecule has 19 heavy (non-hydrogen) atoms. The zero-order chi connectivity index (χ0) is 14.0. The summed E-state index contributed by atoms with van der Waals surface area (Å²) in [7, 11) is -1.84. The minimum atomic E-state index is -3.49. The molecule has 1 aromatic rings. The van der Waals surface area contributed by atoms with Gasteiger partial charge in [-0.05, 0) is 31.4 Å². The molecular formula is C11H16N2O3S3. The molecule has 3 N–H and O–H groups in total. The van der Waals surface area contributed by atoms with E-state index in [2.05, 4.69) is 4.72 Å². The molecule has 0 aliphatic heterocycles. The SMILES string of the molecule is COC1CCC(NS(=O)(=O)c2ccc(C(N)=S)s2)C1. The van der Waals surface area contributed by atoms with Crippen molar-refractivity contribution in [2.24, 2.45) is 5.73 Å². The molecule has 1 aromatic heterocycles. The van der Waals surface area contributed by atoms with Crippen LogP contribution in [-0.2, 0) is 14.8 Å². The van der Waals surface area contributed by atoms with Crippen LogP contribution in [-0.4, -0.2) is 32.7 Å². The van der Waals surface area contributed by atoms with Crippen LogP contribution in [0.3, 0.4) is 0 Å². The van der Waals surface area contributed by atoms with Gasteiger partial charge in [0.25, 0.3) is 0 Å². The average molecular weight is 320 g/mol. The van der Waals surface area contributed by atoms with E-state index in [0.29, 0.717) is 11.3 Å². The molecule has 2 atom stereocenters. The fraction of sp³-hybridized carbons (Fsp3) is 0.545. The van der Waals surface area contributed by atoms with Crippen molar-refractivity contribution in [3.63, 3.8) is 0 Å². The molecule has 0 radical (unpaired) electrons. The van der Waals surface area contributed by atoms with Gasteiger partial charge in [0.2, 0.25) is 10.0 Å². The minimum Gasteiger partial charge on any atom is -0.389 e. The van der Waals surface area contributed by atoms with Crippen LogP contribution in [0.1, 0.15) is 24.1 Å². The van der Waals surface area contributed by atoms with E-state index in [1.165, 1.54) is 6.07 Å². The quantitative estimate of drug-likeness (QED) is 0.798. The Hall–Kier alpha value is -0.540. The highest BCUT2D eigenvalue weighted by Gasteiger charge is 2.29. The van der Waals surface area contributed by atoms with Gasteiger partial charge >= 0.3 is 0 Å². The Bertz CT molecular complexity index is 567. The third-order valence-electron chi connectivity index (χ3n) is 3.13. The first-order valence-electron chi connectivity index (χ1n) is 5.87. The first-order chi connectivity index (χ1) is 8.92. The first kappa shape index (κ1) is 14.9. The maximum atomic E-state index is 12.2. The van der Waals surface area contributed by atoms with Crippen LogP contribution in [0.4, 0.5) is 0 Å². The van der Waals surface area contributed by atoms with Crippen LogP contribution >= 0.6 is 23.6 Å². The minimum absolute atomic E-state index is 0.0645. The van der Waals surface area contributed by atoms with Crippen molar-refractivity contribution in [3.05, 3.63) is 17.0 Å². The first-order valence-corrected chi connectivity index (χ1v) is 8.58. The zero-order valence-electron chi connectivity index (χ0n) is 10.5. The normalized spacial score (nSPS) is 23.6. The van der Waals surface area contributed by atoms with Crippen LogP contribution in [0.15, 0.2) is 16.3 Å². The van der Waals surface area contributed by atoms with Crippen molar-refractivity contribution in [2.75, 3.05) is 7.11 Å². The Kier molecular flexibility index (Phi) is 4.57. The Balaban J connectivity index is 2.08. The van der Waals surface area contributed by atoms with Crippen LogP contribution < -0.4 is 10.5 Å². The monoisotopic (exact) mass is 320 g/mol. The van der Waals surface area contributed by atoms with Crippen molar-refractivity contribution >= 4 is 38.6 Å². The molecule has 2 rings (SSSR count). The molecule has 1 aliphatic carbocycles. The standard InChI is InChI=1S/C11H16N2O3S3/c1-16-8-3-2-7(6-8)13-19(14,15)10-5-4-9(18-10)11(12)17/h4-5,7-8,13H,2-3,6H2,1H3,(H2,12,17). The van der Waals surface area contributed by atoms with E-state index in [9.17, 15) is 8.42 Å². The maximum absolute atomic E-state index is 12.2. The van der Waals surface area contributed by atoms with Crippen molar-refractivity contribution in [1.82, 2.24) is 4.72 Å². The van der Waals surface area contributed by atoms with Gasteiger partial charge in [0.05, 0.1) is 11.0 Å². The summed E-state index contributed by atoms with van der Waals surface area (Å²) in [6, 6.07) is 3.10. The molecule has 0 spiro atoms. The number of hydrogen-bond donors (Lipinski definition) is 2. The van der Waals surface area contributed by atoms with Gasteiger partial charge in [-0.2, -0.15) is 0 Å². The van der Waals surface area contributed by atoms with E-state index in [1.807, 2.05) is 0 Å². The fourth-order valence-corrected chi connectivity index (χ4v) is 4.79. The maximum Gasteiger partial charge on any atom is 0.250 e. The molecule has 0 saturated heterocycles. The van der Waals surface area contributed by atoms with Gasteiger partial charge in [-0.25, -0.2) is 13.1 Å². The highest BCUT2D eigenvalue weighted by molar-refractivity contribution is 7.91. The lowest BCUT2D eigenvalue weighted by Gasteiger charge is -2.12. The smallest absolute Gasteiger partial charge is 0.250 e. The van der Waals surface area contributed by atoms with Crippen molar-refractivity contribution in [3.8, 4) is 0 Å². The highest BCUT2D eigenvalue weighted by Crippen LogP contribution is 2.26. The summed E-state index contributed by atoms with van der Waals surface area (Å²) in [5.41, 5.74) is 5.48. The van der Waals surface area contributed by atoms with Gasteiger partial charge in [0.1, 0.15) is 9.20 Å². The van der Waals surface area contributed by atoms with Crippen molar-refractivity contribution < 1.29 is 13.2 Å². The molecule has 5 nitrogen and oxygen atoms in total. The van der Waals surface area contributed by atoms with Crippen molar-refractivity contribution in [2.45, 2.75) is 35.6 Å². The summed E-state index contributed by atoms with van der Waals surface area (Å²) in [6.45, 7) is 0. The number of methoxy groups -OCH3 is 1. The van der Waals surface area contributed by atoms with Crippen LogP contribution in [0.25, 0.3) is 0 Å².